The quantitative estimate of drug-likeness (QED) is 0.677. The first-order chi connectivity index (χ1) is 11.3. The lowest BCUT2D eigenvalue weighted by Crippen LogP contribution is -2.37. The highest BCUT2D eigenvalue weighted by Gasteiger charge is 2.19. The fraction of sp³-hybridized carbons (Fsp3) is 0.529. The molecule has 0 saturated heterocycles. The summed E-state index contributed by atoms with van der Waals surface area (Å²) >= 11 is 3.39. The van der Waals surface area contributed by atoms with E-state index in [0.717, 1.165) is 0 Å². The topological polar surface area (TPSA) is 73.9 Å². The number of nitrogens with one attached hydrogen (secondary N) is 1. The van der Waals surface area contributed by atoms with Crippen LogP contribution in [0.4, 0.5) is 0 Å². The Morgan fingerprint density at radius 2 is 1.71 bits per heavy atom. The molecule has 1 amide bonds. The molecule has 0 aliphatic heterocycles. The molecule has 0 heterocycles. The molecular weight excluding hydrogens is 378 g/mol. The molecule has 1 aromatic carbocycles. The van der Waals surface area contributed by atoms with Gasteiger partial charge in [0.2, 0.25) is 0 Å². The number of rotatable bonds is 8. The molecule has 1 N–H and O–H groups in total. The van der Waals surface area contributed by atoms with E-state index in [1.165, 1.54) is 14.2 Å². The average Bonchev–Trinajstić information content (AvgIpc) is 2.53. The normalized spacial score (nSPS) is 11.8. The summed E-state index contributed by atoms with van der Waals surface area (Å²) in [5.41, 5.74) is 0.687. The third kappa shape index (κ3) is 6.03. The molecule has 0 aromatic heterocycles. The van der Waals surface area contributed by atoms with Crippen molar-refractivity contribution in [2.75, 3.05) is 20.8 Å². The SMILES string of the molecule is COc1cc(Br)c(CC(=O)O[C@@H](C)C(=O)NCC(C)C)cc1OC. The highest BCUT2D eigenvalue weighted by atomic mass is 79.9. The van der Waals surface area contributed by atoms with Crippen LogP contribution in [0.25, 0.3) is 0 Å². The number of methoxy groups -OCH3 is 2. The Labute approximate surface area is 151 Å². The molecule has 0 spiro atoms. The van der Waals surface area contributed by atoms with E-state index in [2.05, 4.69) is 21.2 Å². The second kappa shape index (κ2) is 9.52. The summed E-state index contributed by atoms with van der Waals surface area (Å²) in [6.45, 7) is 6.08. The van der Waals surface area contributed by atoms with E-state index in [4.69, 9.17) is 14.2 Å². The van der Waals surface area contributed by atoms with Crippen LogP contribution in [-0.2, 0) is 20.7 Å². The van der Waals surface area contributed by atoms with Gasteiger partial charge in [-0.05, 0) is 30.5 Å². The lowest BCUT2D eigenvalue weighted by Gasteiger charge is -2.15. The number of amides is 1. The van der Waals surface area contributed by atoms with Gasteiger partial charge in [0.05, 0.1) is 20.6 Å². The van der Waals surface area contributed by atoms with E-state index in [1.807, 2.05) is 13.8 Å². The number of ether oxygens (including phenoxy) is 3. The number of carbonyl (C=O) groups is 2. The number of esters is 1. The molecule has 0 aliphatic carbocycles. The van der Waals surface area contributed by atoms with E-state index in [9.17, 15) is 9.59 Å². The molecule has 1 rings (SSSR count). The van der Waals surface area contributed by atoms with E-state index >= 15 is 0 Å². The van der Waals surface area contributed by atoms with Crippen molar-refractivity contribution in [3.8, 4) is 11.5 Å². The predicted molar refractivity (Wildman–Crippen MR) is 94.4 cm³/mol. The summed E-state index contributed by atoms with van der Waals surface area (Å²) in [5, 5.41) is 2.73. The van der Waals surface area contributed by atoms with Crippen molar-refractivity contribution in [3.05, 3.63) is 22.2 Å². The van der Waals surface area contributed by atoms with Crippen LogP contribution < -0.4 is 14.8 Å². The van der Waals surface area contributed by atoms with Gasteiger partial charge in [-0.2, -0.15) is 0 Å². The van der Waals surface area contributed by atoms with Crippen LogP contribution in [0, 0.1) is 5.92 Å². The van der Waals surface area contributed by atoms with Crippen molar-refractivity contribution in [1.29, 1.82) is 0 Å². The zero-order valence-corrected chi connectivity index (χ0v) is 16.2. The number of benzene rings is 1. The molecule has 6 nitrogen and oxygen atoms in total. The van der Waals surface area contributed by atoms with Gasteiger partial charge in [-0.25, -0.2) is 0 Å². The summed E-state index contributed by atoms with van der Waals surface area (Å²) < 4.78 is 16.3. The number of carbonyl (C=O) groups excluding carboxylic acids is 2. The van der Waals surface area contributed by atoms with Gasteiger partial charge in [0.25, 0.3) is 5.91 Å². The molecule has 0 saturated carbocycles. The minimum atomic E-state index is -0.838. The molecule has 1 aromatic rings. The van der Waals surface area contributed by atoms with E-state index in [1.54, 1.807) is 19.1 Å². The maximum Gasteiger partial charge on any atom is 0.311 e. The third-order valence-corrected chi connectivity index (χ3v) is 3.99. The second-order valence-corrected chi connectivity index (χ2v) is 6.60. The molecule has 0 fully saturated rings. The van der Waals surface area contributed by atoms with Crippen LogP contribution in [0.2, 0.25) is 0 Å². The first-order valence-corrected chi connectivity index (χ1v) is 8.45. The van der Waals surface area contributed by atoms with Crippen LogP contribution in [0.3, 0.4) is 0 Å². The highest BCUT2D eigenvalue weighted by Crippen LogP contribution is 2.33. The Bertz CT molecular complexity index is 589. The summed E-state index contributed by atoms with van der Waals surface area (Å²) in [7, 11) is 3.06. The van der Waals surface area contributed by atoms with Gasteiger partial charge in [-0.3, -0.25) is 9.59 Å². The number of hydrogen-bond donors (Lipinski definition) is 1. The van der Waals surface area contributed by atoms with Crippen LogP contribution in [0.5, 0.6) is 11.5 Å². The van der Waals surface area contributed by atoms with Gasteiger partial charge in [0, 0.05) is 11.0 Å². The van der Waals surface area contributed by atoms with Crippen molar-refractivity contribution in [2.45, 2.75) is 33.3 Å². The molecule has 7 heteroatoms. The Kier molecular flexibility index (Phi) is 8.04. The van der Waals surface area contributed by atoms with Gasteiger partial charge < -0.3 is 19.5 Å². The largest absolute Gasteiger partial charge is 0.493 e. The molecule has 0 radical (unpaired) electrons. The fourth-order valence-electron chi connectivity index (χ4n) is 1.93. The summed E-state index contributed by atoms with van der Waals surface area (Å²) in [4.78, 5) is 23.9. The average molecular weight is 402 g/mol. The number of hydrogen-bond acceptors (Lipinski definition) is 5. The molecule has 134 valence electrons. The molecular formula is C17H24BrNO5. The zero-order chi connectivity index (χ0) is 18.3. The van der Waals surface area contributed by atoms with Crippen molar-refractivity contribution in [2.24, 2.45) is 5.92 Å². The summed E-state index contributed by atoms with van der Waals surface area (Å²) in [6, 6.07) is 3.42. The van der Waals surface area contributed by atoms with Crippen LogP contribution in [0.15, 0.2) is 16.6 Å². The standard InChI is InChI=1S/C17H24BrNO5/c1-10(2)9-19-17(21)11(3)24-16(20)7-12-6-14(22-4)15(23-5)8-13(12)18/h6,8,10-11H,7,9H2,1-5H3,(H,19,21)/t11-/m0/s1. The zero-order valence-electron chi connectivity index (χ0n) is 14.6. The second-order valence-electron chi connectivity index (χ2n) is 5.75. The van der Waals surface area contributed by atoms with Crippen molar-refractivity contribution >= 4 is 27.8 Å². The van der Waals surface area contributed by atoms with Gasteiger partial charge >= 0.3 is 5.97 Å². The Morgan fingerprint density at radius 3 is 2.25 bits per heavy atom. The van der Waals surface area contributed by atoms with E-state index in [0.29, 0.717) is 34.0 Å². The molecule has 1 atom stereocenters. The lowest BCUT2D eigenvalue weighted by molar-refractivity contribution is -0.154. The van der Waals surface area contributed by atoms with Crippen molar-refractivity contribution in [1.82, 2.24) is 5.32 Å². The predicted octanol–water partition coefficient (Wildman–Crippen LogP) is 2.71. The number of halogens is 1. The first kappa shape index (κ1) is 20.3. The van der Waals surface area contributed by atoms with E-state index < -0.39 is 12.1 Å². The van der Waals surface area contributed by atoms with E-state index in [-0.39, 0.29) is 12.3 Å². The van der Waals surface area contributed by atoms with Gasteiger partial charge in [-0.15, -0.1) is 0 Å². The first-order valence-electron chi connectivity index (χ1n) is 7.66. The smallest absolute Gasteiger partial charge is 0.311 e. The van der Waals surface area contributed by atoms with Gasteiger partial charge in [0.1, 0.15) is 0 Å². The summed E-state index contributed by atoms with van der Waals surface area (Å²) in [6.07, 6.45) is -0.821. The minimum Gasteiger partial charge on any atom is -0.493 e. The van der Waals surface area contributed by atoms with Crippen molar-refractivity contribution < 1.29 is 23.8 Å². The highest BCUT2D eigenvalue weighted by molar-refractivity contribution is 9.10. The van der Waals surface area contributed by atoms with Gasteiger partial charge in [-0.1, -0.05) is 29.8 Å². The maximum atomic E-state index is 12.1. The van der Waals surface area contributed by atoms with Crippen LogP contribution in [-0.4, -0.2) is 38.7 Å². The van der Waals surface area contributed by atoms with Crippen LogP contribution in [0.1, 0.15) is 26.3 Å². The minimum absolute atomic E-state index is 0.0166. The molecule has 24 heavy (non-hydrogen) atoms. The molecule has 0 bridgehead atoms. The Morgan fingerprint density at radius 1 is 1.12 bits per heavy atom. The monoisotopic (exact) mass is 401 g/mol. The van der Waals surface area contributed by atoms with Crippen LogP contribution >= 0.6 is 15.9 Å². The van der Waals surface area contributed by atoms with Crippen molar-refractivity contribution in [3.63, 3.8) is 0 Å². The third-order valence-electron chi connectivity index (χ3n) is 3.25. The maximum absolute atomic E-state index is 12.1. The van der Waals surface area contributed by atoms with Gasteiger partial charge in [0.15, 0.2) is 17.6 Å². The molecule has 0 aliphatic rings. The fourth-order valence-corrected chi connectivity index (χ4v) is 2.39. The summed E-state index contributed by atoms with van der Waals surface area (Å²) in [5.74, 6) is 0.618. The Balaban J connectivity index is 2.69. The molecule has 0 unspecified atom stereocenters. The Hall–Kier alpha value is -1.76. The lowest BCUT2D eigenvalue weighted by atomic mass is 10.1.